The fourth-order valence-corrected chi connectivity index (χ4v) is 5.01. The second kappa shape index (κ2) is 40.6. The van der Waals surface area contributed by atoms with Crippen LogP contribution in [-0.2, 0) is 35.1 Å². The Kier molecular flexibility index (Phi) is 43.0. The van der Waals surface area contributed by atoms with Crippen molar-refractivity contribution in [2.24, 2.45) is 5.92 Å². The average molecular weight is 770 g/mol. The van der Waals surface area contributed by atoms with Gasteiger partial charge in [-0.25, -0.2) is 0 Å². The van der Waals surface area contributed by atoms with E-state index in [0.29, 0.717) is 32.0 Å². The topological polar surface area (TPSA) is 178 Å². The lowest BCUT2D eigenvalue weighted by atomic mass is 10.0. The molecule has 2 atom stereocenters. The van der Waals surface area contributed by atoms with Gasteiger partial charge in [0.15, 0.2) is 0 Å². The summed E-state index contributed by atoms with van der Waals surface area (Å²) >= 11 is 0. The van der Waals surface area contributed by atoms with Crippen LogP contribution in [-0.4, -0.2) is 123 Å². The van der Waals surface area contributed by atoms with Crippen LogP contribution in [0.4, 0.5) is 0 Å². The molecular formula is C41H79N5O8. The second-order valence-corrected chi connectivity index (χ2v) is 13.5. The quantitative estimate of drug-likeness (QED) is 0.104. The fraction of sp³-hybridized carbons (Fsp3) is 0.732. The van der Waals surface area contributed by atoms with Gasteiger partial charge in [0.25, 0.3) is 6.47 Å². The Balaban J connectivity index is -0.000000383. The summed E-state index contributed by atoms with van der Waals surface area (Å²) in [7, 11) is 7.71. The second-order valence-electron chi connectivity index (χ2n) is 13.5. The lowest BCUT2D eigenvalue weighted by Crippen LogP contribution is -2.51. The number of carboxylic acid groups (broad SMARTS) is 1. The smallest absolute Gasteiger partial charge is 0.290 e. The molecule has 316 valence electrons. The van der Waals surface area contributed by atoms with E-state index >= 15 is 0 Å². The van der Waals surface area contributed by atoms with Gasteiger partial charge in [0, 0.05) is 66.4 Å². The molecule has 0 aliphatic carbocycles. The Morgan fingerprint density at radius 3 is 2.00 bits per heavy atom. The molecule has 13 nitrogen and oxygen atoms in total. The molecule has 0 radical (unpaired) electrons. The summed E-state index contributed by atoms with van der Waals surface area (Å²) in [6, 6.07) is 10.3. The van der Waals surface area contributed by atoms with E-state index in [1.165, 1.54) is 24.8 Å². The molecule has 1 aromatic rings. The molecule has 13 heteroatoms. The lowest BCUT2D eigenvalue weighted by Gasteiger charge is -2.24. The van der Waals surface area contributed by atoms with Gasteiger partial charge in [0.1, 0.15) is 6.04 Å². The first-order valence-corrected chi connectivity index (χ1v) is 19.5. The Labute approximate surface area is 328 Å². The first-order chi connectivity index (χ1) is 25.7. The van der Waals surface area contributed by atoms with Crippen molar-refractivity contribution in [1.82, 2.24) is 25.8 Å². The molecule has 1 aliphatic heterocycles. The molecule has 2 rings (SSSR count). The Bertz CT molecular complexity index is 1040. The van der Waals surface area contributed by atoms with Crippen molar-refractivity contribution in [2.45, 2.75) is 137 Å². The summed E-state index contributed by atoms with van der Waals surface area (Å²) < 4.78 is 4.25. The monoisotopic (exact) mass is 770 g/mol. The highest BCUT2D eigenvalue weighted by Crippen LogP contribution is 2.23. The van der Waals surface area contributed by atoms with Gasteiger partial charge in [-0.1, -0.05) is 90.6 Å². The van der Waals surface area contributed by atoms with Gasteiger partial charge in [0.2, 0.25) is 23.6 Å². The van der Waals surface area contributed by atoms with E-state index in [4.69, 9.17) is 15.0 Å². The van der Waals surface area contributed by atoms with Gasteiger partial charge in [-0.15, -0.1) is 0 Å². The van der Waals surface area contributed by atoms with Crippen LogP contribution in [0, 0.1) is 5.92 Å². The molecule has 0 aromatic heterocycles. The zero-order chi connectivity index (χ0) is 42.3. The number of likely N-dealkylation sites (tertiary alicyclic amines) is 1. The van der Waals surface area contributed by atoms with E-state index in [-0.39, 0.29) is 42.1 Å². The van der Waals surface area contributed by atoms with E-state index in [2.05, 4.69) is 53.6 Å². The van der Waals surface area contributed by atoms with Gasteiger partial charge >= 0.3 is 0 Å². The molecule has 0 saturated carbocycles. The number of benzene rings is 1. The van der Waals surface area contributed by atoms with E-state index in [1.54, 1.807) is 21.3 Å². The SMILES string of the molecule is CCC.CCCCCCC(=O)N1CCCC1CCC(=O)NCCc1ccccc1.CNC(=O)C(NC(=O)CN(C)C(C)C)C(C)C.CO.COC.O=CO. The molecule has 0 spiro atoms. The molecule has 1 saturated heterocycles. The number of likely N-dealkylation sites (N-methyl/N-ethyl adjacent to an activating group) is 2. The predicted molar refractivity (Wildman–Crippen MR) is 220 cm³/mol. The minimum atomic E-state index is -0.465. The average Bonchev–Trinajstić information content (AvgIpc) is 3.62. The standard InChI is InChI=1S/C22H34N2O2.C12H25N3O2.C3H8.C2H6O.CH2O2.CH4O/c1-2-3-4-8-13-22(26)24-18-9-12-20(24)14-15-21(25)23-17-16-19-10-6-5-7-11-19;1-8(2)11(12(17)13-5)14-10(16)7-15(6)9(3)4;2*1-3-2;2-1-3;1-2/h5-7,10-11,20H,2-4,8-9,12-18H2,1H3,(H,23,25);8-9,11H,7H2,1-6H3,(H,13,17)(H,14,16);3H2,1-2H3;1-2H3;1H,(H,2,3);2H,1H3. The van der Waals surface area contributed by atoms with Gasteiger partial charge < -0.3 is 35.8 Å². The number of hydrogen-bond acceptors (Lipinski definition) is 8. The zero-order valence-electron chi connectivity index (χ0n) is 35.9. The number of amides is 4. The van der Waals surface area contributed by atoms with Gasteiger partial charge in [-0.2, -0.15) is 0 Å². The van der Waals surface area contributed by atoms with Crippen LogP contribution in [0.5, 0.6) is 0 Å². The molecule has 1 aromatic carbocycles. The summed E-state index contributed by atoms with van der Waals surface area (Å²) in [5.41, 5.74) is 1.24. The van der Waals surface area contributed by atoms with Crippen LogP contribution >= 0.6 is 0 Å². The Morgan fingerprint density at radius 2 is 1.52 bits per heavy atom. The summed E-state index contributed by atoms with van der Waals surface area (Å²) in [5, 5.41) is 22.2. The molecule has 5 N–H and O–H groups in total. The number of aliphatic hydroxyl groups is 1. The number of rotatable bonds is 17. The largest absolute Gasteiger partial charge is 0.483 e. The van der Waals surface area contributed by atoms with Crippen molar-refractivity contribution < 1.29 is 38.9 Å². The van der Waals surface area contributed by atoms with Gasteiger partial charge in [-0.05, 0) is 64.5 Å². The van der Waals surface area contributed by atoms with Gasteiger partial charge in [0.05, 0.1) is 6.54 Å². The third-order valence-electron chi connectivity index (χ3n) is 8.01. The summed E-state index contributed by atoms with van der Waals surface area (Å²) in [5.74, 6) is 0.184. The minimum absolute atomic E-state index is 0.0725. The van der Waals surface area contributed by atoms with Crippen molar-refractivity contribution in [3.63, 3.8) is 0 Å². The molecule has 1 aliphatic rings. The molecule has 2 unspecified atom stereocenters. The number of aliphatic hydroxyl groups excluding tert-OH is 1. The number of unbranched alkanes of at least 4 members (excludes halogenated alkanes) is 3. The van der Waals surface area contributed by atoms with Crippen LogP contribution < -0.4 is 16.0 Å². The minimum Gasteiger partial charge on any atom is -0.483 e. The third-order valence-corrected chi connectivity index (χ3v) is 8.01. The first kappa shape index (κ1) is 57.2. The van der Waals surface area contributed by atoms with Crippen LogP contribution in [0.1, 0.15) is 118 Å². The molecule has 1 heterocycles. The maximum absolute atomic E-state index is 12.4. The number of carbonyl (C=O) groups is 5. The lowest BCUT2D eigenvalue weighted by molar-refractivity contribution is -0.133. The summed E-state index contributed by atoms with van der Waals surface area (Å²) in [6.07, 6.45) is 10.7. The summed E-state index contributed by atoms with van der Waals surface area (Å²) in [4.78, 5) is 60.2. The summed E-state index contributed by atoms with van der Waals surface area (Å²) in [6.45, 7) is 15.9. The number of hydrogen-bond donors (Lipinski definition) is 5. The molecule has 4 amide bonds. The Morgan fingerprint density at radius 1 is 0.963 bits per heavy atom. The van der Waals surface area contributed by atoms with E-state index in [0.717, 1.165) is 52.2 Å². The Hall–Kier alpha value is -3.55. The van der Waals surface area contributed by atoms with Crippen molar-refractivity contribution in [3.8, 4) is 0 Å². The highest BCUT2D eigenvalue weighted by Gasteiger charge is 2.28. The van der Waals surface area contributed by atoms with Crippen molar-refractivity contribution >= 4 is 30.1 Å². The van der Waals surface area contributed by atoms with Crippen LogP contribution in [0.25, 0.3) is 0 Å². The molecular weight excluding hydrogens is 690 g/mol. The zero-order valence-corrected chi connectivity index (χ0v) is 35.9. The molecule has 0 bridgehead atoms. The number of ether oxygens (including phenoxy) is 1. The highest BCUT2D eigenvalue weighted by atomic mass is 16.4. The molecule has 54 heavy (non-hydrogen) atoms. The normalized spacial score (nSPS) is 13.1. The van der Waals surface area contributed by atoms with Crippen molar-refractivity contribution in [3.05, 3.63) is 35.9 Å². The van der Waals surface area contributed by atoms with E-state index in [9.17, 15) is 19.2 Å². The van der Waals surface area contributed by atoms with Crippen LogP contribution in [0.15, 0.2) is 30.3 Å². The van der Waals surface area contributed by atoms with Gasteiger partial charge in [-0.3, -0.25) is 28.9 Å². The molecule has 1 fully saturated rings. The fourth-order valence-electron chi connectivity index (χ4n) is 5.01. The highest BCUT2D eigenvalue weighted by molar-refractivity contribution is 5.88. The number of nitrogens with zero attached hydrogens (tertiary/aromatic N) is 2. The van der Waals surface area contributed by atoms with Crippen LogP contribution in [0.2, 0.25) is 0 Å². The number of carbonyl (C=O) groups excluding carboxylic acids is 4. The maximum atomic E-state index is 12.4. The van der Waals surface area contributed by atoms with E-state index in [1.807, 2.05) is 62.7 Å². The van der Waals surface area contributed by atoms with Crippen molar-refractivity contribution in [1.29, 1.82) is 0 Å². The number of nitrogens with one attached hydrogen (secondary N) is 3. The first-order valence-electron chi connectivity index (χ1n) is 19.5. The van der Waals surface area contributed by atoms with E-state index < -0.39 is 6.04 Å². The van der Waals surface area contributed by atoms with Crippen LogP contribution in [0.3, 0.4) is 0 Å². The number of methoxy groups -OCH3 is 1. The van der Waals surface area contributed by atoms with Crippen molar-refractivity contribution in [2.75, 3.05) is 55.1 Å². The predicted octanol–water partition coefficient (Wildman–Crippen LogP) is 5.29. The third kappa shape index (κ3) is 33.1. The maximum Gasteiger partial charge on any atom is 0.290 e.